The molecule has 2 heterocycles. The van der Waals surface area contributed by atoms with Gasteiger partial charge in [-0.25, -0.2) is 9.78 Å². The molecule has 1 amide bonds. The number of benzene rings is 1. The van der Waals surface area contributed by atoms with E-state index in [0.29, 0.717) is 10.9 Å². The molecular formula is C19H19N3O5. The van der Waals surface area contributed by atoms with Gasteiger partial charge in [-0.05, 0) is 30.2 Å². The molecule has 27 heavy (non-hydrogen) atoms. The summed E-state index contributed by atoms with van der Waals surface area (Å²) in [4.78, 5) is 43.5. The minimum Gasteiger partial charge on any atom is -0.459 e. The van der Waals surface area contributed by atoms with Gasteiger partial charge in [-0.3, -0.25) is 9.59 Å². The van der Waals surface area contributed by atoms with Crippen molar-refractivity contribution < 1.29 is 18.7 Å². The summed E-state index contributed by atoms with van der Waals surface area (Å²) in [5, 5.41) is 3.05. The molecule has 8 nitrogen and oxygen atoms in total. The van der Waals surface area contributed by atoms with E-state index in [4.69, 9.17) is 9.15 Å². The van der Waals surface area contributed by atoms with Gasteiger partial charge in [0.15, 0.2) is 5.76 Å². The van der Waals surface area contributed by atoms with Crippen LogP contribution in [-0.2, 0) is 16.1 Å². The van der Waals surface area contributed by atoms with E-state index in [0.717, 1.165) is 0 Å². The molecule has 0 bridgehead atoms. The molecule has 0 saturated carbocycles. The van der Waals surface area contributed by atoms with Crippen molar-refractivity contribution in [3.8, 4) is 0 Å². The predicted octanol–water partition coefficient (Wildman–Crippen LogP) is 2.01. The number of carbonyl (C=O) groups is 2. The van der Waals surface area contributed by atoms with Crippen molar-refractivity contribution >= 4 is 22.8 Å². The molecule has 3 aromatic rings. The molecule has 1 aromatic carbocycles. The summed E-state index contributed by atoms with van der Waals surface area (Å²) >= 11 is 0. The maximum atomic E-state index is 12.4. The number of amides is 1. The molecule has 0 aliphatic heterocycles. The molecule has 2 aromatic heterocycles. The van der Waals surface area contributed by atoms with Crippen molar-refractivity contribution in [2.24, 2.45) is 5.92 Å². The highest BCUT2D eigenvalue weighted by atomic mass is 16.5. The summed E-state index contributed by atoms with van der Waals surface area (Å²) in [6.45, 7) is 3.35. The van der Waals surface area contributed by atoms with E-state index in [9.17, 15) is 14.4 Å². The quantitative estimate of drug-likeness (QED) is 0.643. The first kappa shape index (κ1) is 18.4. The van der Waals surface area contributed by atoms with E-state index in [1.165, 1.54) is 12.3 Å². The van der Waals surface area contributed by atoms with Gasteiger partial charge in [-0.1, -0.05) is 26.0 Å². The number of para-hydroxylation sites is 1. The molecule has 0 unspecified atom stereocenters. The molecule has 3 rings (SSSR count). The Kier molecular flexibility index (Phi) is 5.35. The fourth-order valence-corrected chi connectivity index (χ4v) is 2.55. The fourth-order valence-electron chi connectivity index (χ4n) is 2.55. The molecule has 8 heteroatoms. The average molecular weight is 369 g/mol. The minimum atomic E-state index is -0.866. The number of nitrogens with one attached hydrogen (secondary N) is 2. The summed E-state index contributed by atoms with van der Waals surface area (Å²) in [7, 11) is 0. The van der Waals surface area contributed by atoms with Crippen molar-refractivity contribution in [3.05, 3.63) is 64.6 Å². The van der Waals surface area contributed by atoms with Crippen LogP contribution in [0.15, 0.2) is 51.9 Å². The number of hydrogen-bond acceptors (Lipinski definition) is 6. The Morgan fingerprint density at radius 2 is 2.00 bits per heavy atom. The third kappa shape index (κ3) is 4.22. The van der Waals surface area contributed by atoms with Gasteiger partial charge in [-0.2, -0.15) is 0 Å². The van der Waals surface area contributed by atoms with Gasteiger partial charge in [0.2, 0.25) is 0 Å². The van der Waals surface area contributed by atoms with Crippen molar-refractivity contribution in [2.75, 3.05) is 0 Å². The lowest BCUT2D eigenvalue weighted by molar-refractivity contribution is -0.148. The smallest absolute Gasteiger partial charge is 0.329 e. The summed E-state index contributed by atoms with van der Waals surface area (Å²) < 4.78 is 10.3. The third-order valence-electron chi connectivity index (χ3n) is 3.97. The lowest BCUT2D eigenvalue weighted by Crippen LogP contribution is -2.45. The number of hydrogen-bond donors (Lipinski definition) is 2. The first-order chi connectivity index (χ1) is 13.0. The summed E-state index contributed by atoms with van der Waals surface area (Å²) in [6.07, 6.45) is 1.37. The van der Waals surface area contributed by atoms with Gasteiger partial charge in [0.25, 0.3) is 11.5 Å². The second-order valence-corrected chi connectivity index (χ2v) is 6.31. The van der Waals surface area contributed by atoms with E-state index in [1.807, 2.05) is 0 Å². The Morgan fingerprint density at radius 3 is 2.70 bits per heavy atom. The third-order valence-corrected chi connectivity index (χ3v) is 3.97. The van der Waals surface area contributed by atoms with Crippen LogP contribution in [0.25, 0.3) is 10.9 Å². The number of nitrogens with zero attached hydrogens (tertiary/aromatic N) is 1. The normalized spacial score (nSPS) is 12.1. The van der Waals surface area contributed by atoms with Crippen LogP contribution in [-0.4, -0.2) is 27.9 Å². The molecule has 0 aliphatic carbocycles. The van der Waals surface area contributed by atoms with Crippen LogP contribution in [0, 0.1) is 5.92 Å². The predicted molar refractivity (Wildman–Crippen MR) is 97.0 cm³/mol. The number of carbonyl (C=O) groups excluding carboxylic acids is 2. The van der Waals surface area contributed by atoms with Gasteiger partial charge in [0, 0.05) is 0 Å². The van der Waals surface area contributed by atoms with Crippen molar-refractivity contribution in [2.45, 2.75) is 26.5 Å². The highest BCUT2D eigenvalue weighted by Crippen LogP contribution is 2.10. The van der Waals surface area contributed by atoms with Crippen LogP contribution in [0.2, 0.25) is 0 Å². The van der Waals surface area contributed by atoms with Crippen LogP contribution in [0.1, 0.15) is 30.2 Å². The first-order valence-corrected chi connectivity index (χ1v) is 8.44. The Bertz CT molecular complexity index is 1010. The Labute approximate surface area is 154 Å². The number of aromatic nitrogens is 2. The second-order valence-electron chi connectivity index (χ2n) is 6.31. The molecule has 0 spiro atoms. The van der Waals surface area contributed by atoms with Crippen molar-refractivity contribution in [1.82, 2.24) is 15.3 Å². The molecule has 140 valence electrons. The van der Waals surface area contributed by atoms with E-state index >= 15 is 0 Å². The highest BCUT2D eigenvalue weighted by Gasteiger charge is 2.27. The van der Waals surface area contributed by atoms with Crippen LogP contribution >= 0.6 is 0 Å². The van der Waals surface area contributed by atoms with Gasteiger partial charge in [0.05, 0.1) is 17.2 Å². The summed E-state index contributed by atoms with van der Waals surface area (Å²) in [6, 6.07) is 9.10. The SMILES string of the molecule is CC(C)[C@H](NC(=O)c1ccco1)C(=O)OCc1nc2ccccc2c(=O)[nH]1. The van der Waals surface area contributed by atoms with Crippen LogP contribution in [0.5, 0.6) is 0 Å². The topological polar surface area (TPSA) is 114 Å². The lowest BCUT2D eigenvalue weighted by atomic mass is 10.0. The molecule has 0 saturated heterocycles. The number of H-pyrrole nitrogens is 1. The van der Waals surface area contributed by atoms with Crippen LogP contribution in [0.4, 0.5) is 0 Å². The molecule has 0 fully saturated rings. The first-order valence-electron chi connectivity index (χ1n) is 8.44. The molecule has 0 radical (unpaired) electrons. The molecule has 0 aliphatic rings. The number of furan rings is 1. The van der Waals surface area contributed by atoms with Gasteiger partial charge < -0.3 is 19.5 Å². The summed E-state index contributed by atoms with van der Waals surface area (Å²) in [5.74, 6) is -1.01. The lowest BCUT2D eigenvalue weighted by Gasteiger charge is -2.20. The maximum absolute atomic E-state index is 12.4. The van der Waals surface area contributed by atoms with Crippen LogP contribution in [0.3, 0.4) is 0 Å². The maximum Gasteiger partial charge on any atom is 0.329 e. The second kappa shape index (κ2) is 7.86. The highest BCUT2D eigenvalue weighted by molar-refractivity contribution is 5.94. The number of esters is 1. The van der Waals surface area contributed by atoms with E-state index < -0.39 is 17.9 Å². The number of fused-ring (bicyclic) bond motifs is 1. The number of aromatic amines is 1. The average Bonchev–Trinajstić information content (AvgIpc) is 3.18. The standard InChI is InChI=1S/C19H19N3O5/c1-11(2)16(22-18(24)14-8-5-9-26-14)19(25)27-10-15-20-13-7-4-3-6-12(13)17(23)21-15/h3-9,11,16H,10H2,1-2H3,(H,22,24)(H,20,21,23)/t16-/m0/s1. The zero-order chi connectivity index (χ0) is 19.4. The molecule has 1 atom stereocenters. The minimum absolute atomic E-state index is 0.106. The summed E-state index contributed by atoms with van der Waals surface area (Å²) in [5.41, 5.74) is 0.206. The van der Waals surface area contributed by atoms with E-state index in [-0.39, 0.29) is 29.7 Å². The number of ether oxygens (including phenoxy) is 1. The monoisotopic (exact) mass is 369 g/mol. The largest absolute Gasteiger partial charge is 0.459 e. The number of rotatable bonds is 6. The zero-order valence-corrected chi connectivity index (χ0v) is 14.9. The fraction of sp³-hybridized carbons (Fsp3) is 0.263. The molecular weight excluding hydrogens is 350 g/mol. The van der Waals surface area contributed by atoms with Crippen molar-refractivity contribution in [1.29, 1.82) is 0 Å². The Morgan fingerprint density at radius 1 is 1.22 bits per heavy atom. The van der Waals surface area contributed by atoms with Gasteiger partial charge in [-0.15, -0.1) is 0 Å². The molecule has 2 N–H and O–H groups in total. The van der Waals surface area contributed by atoms with E-state index in [2.05, 4.69) is 15.3 Å². The Balaban J connectivity index is 1.69. The zero-order valence-electron chi connectivity index (χ0n) is 14.9. The Hall–Kier alpha value is -3.42. The van der Waals surface area contributed by atoms with Gasteiger partial charge in [0.1, 0.15) is 18.5 Å². The van der Waals surface area contributed by atoms with Crippen molar-refractivity contribution in [3.63, 3.8) is 0 Å². The van der Waals surface area contributed by atoms with Crippen LogP contribution < -0.4 is 10.9 Å². The van der Waals surface area contributed by atoms with E-state index in [1.54, 1.807) is 44.2 Å². The van der Waals surface area contributed by atoms with Gasteiger partial charge >= 0.3 is 5.97 Å².